The fourth-order valence-corrected chi connectivity index (χ4v) is 5.46. The SMILES string of the molecule is CC(C)=CCC[C@]1(C)[C@H]2CC3CC1(C)[C@H]3C2. The van der Waals surface area contributed by atoms with E-state index < -0.39 is 0 Å². The quantitative estimate of drug-likeness (QED) is 0.597. The molecule has 0 aromatic heterocycles. The molecule has 3 saturated carbocycles. The molecule has 2 unspecified atom stereocenters. The van der Waals surface area contributed by atoms with E-state index in [0.29, 0.717) is 5.41 Å². The van der Waals surface area contributed by atoms with Crippen LogP contribution in [0.15, 0.2) is 11.6 Å². The standard InChI is InChI=1S/C16H26/c1-11(2)6-5-7-15(3)13-8-12-10-16(15,4)14(12)9-13/h6,12-14H,5,7-10H2,1-4H3/t12?,13-,14-,15+,16?/m0/s1. The minimum atomic E-state index is 0.665. The normalized spacial score (nSPS) is 52.6. The van der Waals surface area contributed by atoms with Crippen LogP contribution in [0.25, 0.3) is 0 Å². The van der Waals surface area contributed by atoms with Crippen molar-refractivity contribution in [2.75, 3.05) is 0 Å². The Balaban J connectivity index is 1.75. The first-order valence-corrected chi connectivity index (χ1v) is 7.11. The van der Waals surface area contributed by atoms with Gasteiger partial charge in [0.05, 0.1) is 0 Å². The molecular weight excluding hydrogens is 192 g/mol. The van der Waals surface area contributed by atoms with Gasteiger partial charge in [0.25, 0.3) is 0 Å². The maximum atomic E-state index is 2.60. The molecule has 2 bridgehead atoms. The van der Waals surface area contributed by atoms with Crippen LogP contribution in [0.3, 0.4) is 0 Å². The molecule has 0 aliphatic heterocycles. The van der Waals surface area contributed by atoms with Crippen molar-refractivity contribution in [2.45, 2.75) is 59.8 Å². The third-order valence-electron chi connectivity index (χ3n) is 6.62. The molecule has 3 rings (SSSR count). The van der Waals surface area contributed by atoms with Crippen molar-refractivity contribution < 1.29 is 0 Å². The maximum Gasteiger partial charge on any atom is -0.0235 e. The van der Waals surface area contributed by atoms with Gasteiger partial charge in [-0.05, 0) is 74.5 Å². The first-order chi connectivity index (χ1) is 7.47. The summed E-state index contributed by atoms with van der Waals surface area (Å²) in [6.07, 6.45) is 9.85. The summed E-state index contributed by atoms with van der Waals surface area (Å²) in [5.41, 5.74) is 2.87. The van der Waals surface area contributed by atoms with E-state index >= 15 is 0 Å². The van der Waals surface area contributed by atoms with E-state index in [1.165, 1.54) is 18.4 Å². The predicted octanol–water partition coefficient (Wildman–Crippen LogP) is 4.81. The zero-order valence-corrected chi connectivity index (χ0v) is 11.3. The summed E-state index contributed by atoms with van der Waals surface area (Å²) in [6.45, 7) is 9.65. The molecule has 0 N–H and O–H groups in total. The predicted molar refractivity (Wildman–Crippen MR) is 69.2 cm³/mol. The Bertz CT molecular complexity index is 336. The largest absolute Gasteiger partial charge is 0.0859 e. The molecule has 0 aromatic rings. The molecule has 0 saturated heterocycles. The Morgan fingerprint density at radius 1 is 1.25 bits per heavy atom. The van der Waals surface area contributed by atoms with Crippen LogP contribution in [0.4, 0.5) is 0 Å². The Kier molecular flexibility index (Phi) is 2.14. The zero-order chi connectivity index (χ0) is 11.6. The molecule has 3 aliphatic carbocycles. The zero-order valence-electron chi connectivity index (χ0n) is 11.3. The molecule has 0 heteroatoms. The van der Waals surface area contributed by atoms with Crippen molar-refractivity contribution in [1.29, 1.82) is 0 Å². The fraction of sp³-hybridized carbons (Fsp3) is 0.875. The molecule has 90 valence electrons. The van der Waals surface area contributed by atoms with Gasteiger partial charge >= 0.3 is 0 Å². The minimum absolute atomic E-state index is 0.665. The molecule has 5 atom stereocenters. The second-order valence-electron chi connectivity index (χ2n) is 7.39. The number of allylic oxidation sites excluding steroid dienone is 2. The summed E-state index contributed by atoms with van der Waals surface area (Å²) in [7, 11) is 0. The van der Waals surface area contributed by atoms with Crippen LogP contribution in [0.2, 0.25) is 0 Å². The van der Waals surface area contributed by atoms with Gasteiger partial charge in [0.1, 0.15) is 0 Å². The van der Waals surface area contributed by atoms with Gasteiger partial charge in [0.2, 0.25) is 0 Å². The van der Waals surface area contributed by atoms with E-state index in [9.17, 15) is 0 Å². The topological polar surface area (TPSA) is 0 Å². The van der Waals surface area contributed by atoms with Crippen molar-refractivity contribution in [3.63, 3.8) is 0 Å². The van der Waals surface area contributed by atoms with Crippen molar-refractivity contribution in [3.05, 3.63) is 11.6 Å². The lowest BCUT2D eigenvalue weighted by atomic mass is 9.43. The summed E-state index contributed by atoms with van der Waals surface area (Å²) >= 11 is 0. The van der Waals surface area contributed by atoms with E-state index in [1.54, 1.807) is 19.3 Å². The van der Waals surface area contributed by atoms with Gasteiger partial charge < -0.3 is 0 Å². The first kappa shape index (κ1) is 10.9. The van der Waals surface area contributed by atoms with E-state index in [2.05, 4.69) is 33.8 Å². The van der Waals surface area contributed by atoms with Crippen molar-refractivity contribution in [3.8, 4) is 0 Å². The highest BCUT2D eigenvalue weighted by Gasteiger charge is 2.71. The lowest BCUT2D eigenvalue weighted by molar-refractivity contribution is -0.130. The molecule has 0 amide bonds. The van der Waals surface area contributed by atoms with Gasteiger partial charge in [0, 0.05) is 0 Å². The molecule has 3 aliphatic rings. The number of rotatable bonds is 3. The summed E-state index contributed by atoms with van der Waals surface area (Å²) in [4.78, 5) is 0. The Morgan fingerprint density at radius 3 is 2.56 bits per heavy atom. The van der Waals surface area contributed by atoms with Crippen LogP contribution >= 0.6 is 0 Å². The lowest BCUT2D eigenvalue weighted by Crippen LogP contribution is -2.54. The van der Waals surface area contributed by atoms with Gasteiger partial charge in [-0.3, -0.25) is 0 Å². The smallest absolute Gasteiger partial charge is 0.0235 e. The Hall–Kier alpha value is -0.260. The minimum Gasteiger partial charge on any atom is -0.0859 e. The monoisotopic (exact) mass is 218 g/mol. The van der Waals surface area contributed by atoms with Crippen molar-refractivity contribution in [2.24, 2.45) is 28.6 Å². The highest BCUT2D eigenvalue weighted by atomic mass is 14.8. The van der Waals surface area contributed by atoms with E-state index in [1.807, 2.05) is 0 Å². The van der Waals surface area contributed by atoms with Crippen molar-refractivity contribution >= 4 is 0 Å². The molecule has 0 aromatic carbocycles. The molecule has 0 radical (unpaired) electrons. The highest BCUT2D eigenvalue weighted by Crippen LogP contribution is 2.79. The summed E-state index contributed by atoms with van der Waals surface area (Å²) in [6, 6.07) is 0. The molecule has 0 nitrogen and oxygen atoms in total. The van der Waals surface area contributed by atoms with Gasteiger partial charge in [-0.2, -0.15) is 0 Å². The van der Waals surface area contributed by atoms with Crippen LogP contribution < -0.4 is 0 Å². The average molecular weight is 218 g/mol. The third kappa shape index (κ3) is 1.11. The Morgan fingerprint density at radius 2 is 2.00 bits per heavy atom. The molecule has 3 fully saturated rings. The second-order valence-corrected chi connectivity index (χ2v) is 7.39. The van der Waals surface area contributed by atoms with Gasteiger partial charge in [-0.15, -0.1) is 0 Å². The van der Waals surface area contributed by atoms with E-state index in [-0.39, 0.29) is 0 Å². The average Bonchev–Trinajstić information content (AvgIpc) is 2.59. The molecule has 0 heterocycles. The van der Waals surface area contributed by atoms with Crippen LogP contribution in [-0.4, -0.2) is 0 Å². The van der Waals surface area contributed by atoms with Gasteiger partial charge in [0.15, 0.2) is 0 Å². The first-order valence-electron chi connectivity index (χ1n) is 7.11. The lowest BCUT2D eigenvalue weighted by Gasteiger charge is -2.62. The summed E-state index contributed by atoms with van der Waals surface area (Å²) in [5.74, 6) is 3.30. The van der Waals surface area contributed by atoms with Crippen LogP contribution in [0.1, 0.15) is 59.8 Å². The molecule has 0 spiro atoms. The third-order valence-corrected chi connectivity index (χ3v) is 6.62. The Labute approximate surface area is 101 Å². The summed E-state index contributed by atoms with van der Waals surface area (Å²) < 4.78 is 0. The number of hydrogen-bond acceptors (Lipinski definition) is 0. The number of fused-ring (bicyclic) bond motifs is 1. The maximum absolute atomic E-state index is 2.60. The highest BCUT2D eigenvalue weighted by molar-refractivity contribution is 5.20. The van der Waals surface area contributed by atoms with E-state index in [0.717, 1.165) is 23.2 Å². The van der Waals surface area contributed by atoms with Crippen LogP contribution in [0, 0.1) is 28.6 Å². The van der Waals surface area contributed by atoms with Crippen molar-refractivity contribution in [1.82, 2.24) is 0 Å². The van der Waals surface area contributed by atoms with Gasteiger partial charge in [-0.25, -0.2) is 0 Å². The van der Waals surface area contributed by atoms with Crippen LogP contribution in [-0.2, 0) is 0 Å². The molecule has 16 heavy (non-hydrogen) atoms. The number of hydrogen-bond donors (Lipinski definition) is 0. The fourth-order valence-electron chi connectivity index (χ4n) is 5.46. The van der Waals surface area contributed by atoms with Crippen LogP contribution in [0.5, 0.6) is 0 Å². The van der Waals surface area contributed by atoms with E-state index in [4.69, 9.17) is 0 Å². The second kappa shape index (κ2) is 3.15. The molecular formula is C16H26. The van der Waals surface area contributed by atoms with Gasteiger partial charge in [-0.1, -0.05) is 25.5 Å². The summed E-state index contributed by atoms with van der Waals surface area (Å²) in [5, 5.41) is 0.